The molecule has 0 fully saturated rings. The average molecular weight is 921 g/mol. The van der Waals surface area contributed by atoms with Crippen molar-refractivity contribution in [3.8, 4) is 21.6 Å². The lowest BCUT2D eigenvalue weighted by molar-refractivity contribution is 0.587. The summed E-state index contributed by atoms with van der Waals surface area (Å²) in [5.41, 5.74) is 21.7. The summed E-state index contributed by atoms with van der Waals surface area (Å²) in [6, 6.07) is 53.5. The molecule has 7 aromatic carbocycles. The molecule has 346 valence electrons. The van der Waals surface area contributed by atoms with Gasteiger partial charge in [0, 0.05) is 43.1 Å². The van der Waals surface area contributed by atoms with Crippen molar-refractivity contribution in [1.29, 1.82) is 0 Å². The van der Waals surface area contributed by atoms with Gasteiger partial charge >= 0.3 is 0 Å². The maximum atomic E-state index is 7.40. The van der Waals surface area contributed by atoms with Gasteiger partial charge in [-0.3, -0.25) is 4.90 Å². The van der Waals surface area contributed by atoms with Crippen LogP contribution in [0, 0.1) is 13.8 Å². The number of nitrogens with zero attached hydrogens (tertiary/aromatic N) is 2. The zero-order chi connectivity index (χ0) is 48.7. The Hall–Kier alpha value is -6.30. The predicted molar refractivity (Wildman–Crippen MR) is 301 cm³/mol. The lowest BCUT2D eigenvalue weighted by atomic mass is 9.33. The first-order valence-electron chi connectivity index (χ1n) is 24.9. The molecule has 3 nitrogen and oxygen atoms in total. The molecular weight excluding hydrogens is 856 g/mol. The van der Waals surface area contributed by atoms with Crippen LogP contribution in [0.5, 0.6) is 0 Å². The highest BCUT2D eigenvalue weighted by molar-refractivity contribution is 7.22. The molecule has 0 saturated heterocycles. The molecule has 0 N–H and O–H groups in total. The van der Waals surface area contributed by atoms with E-state index in [1.807, 2.05) is 11.3 Å². The van der Waals surface area contributed by atoms with Gasteiger partial charge < -0.3 is 9.32 Å². The lowest BCUT2D eigenvalue weighted by Crippen LogP contribution is -2.61. The minimum atomic E-state index is -0.175. The van der Waals surface area contributed by atoms with Gasteiger partial charge in [0.25, 0.3) is 6.71 Å². The molecule has 0 radical (unpaired) electrons. The maximum Gasteiger partial charge on any atom is 0.257 e. The van der Waals surface area contributed by atoms with E-state index >= 15 is 0 Å². The number of hydrogen-bond donors (Lipinski definition) is 0. The van der Waals surface area contributed by atoms with Gasteiger partial charge in [0.05, 0.1) is 11.4 Å². The highest BCUT2D eigenvalue weighted by Gasteiger charge is 2.48. The summed E-state index contributed by atoms with van der Waals surface area (Å²) < 4.78 is 8.70. The fourth-order valence-corrected chi connectivity index (χ4v) is 12.0. The van der Waals surface area contributed by atoms with E-state index in [9.17, 15) is 0 Å². The fourth-order valence-electron chi connectivity index (χ4n) is 11.0. The van der Waals surface area contributed by atoms with Gasteiger partial charge in [-0.1, -0.05) is 168 Å². The number of benzene rings is 7. The van der Waals surface area contributed by atoms with E-state index in [1.165, 1.54) is 115 Å². The van der Waals surface area contributed by atoms with Crippen LogP contribution in [0.2, 0.25) is 0 Å². The Morgan fingerprint density at radius 3 is 1.71 bits per heavy atom. The molecule has 9 aromatic rings. The monoisotopic (exact) mass is 920 g/mol. The molecule has 0 saturated carbocycles. The van der Waals surface area contributed by atoms with E-state index in [4.69, 9.17) is 4.42 Å². The molecule has 69 heavy (non-hydrogen) atoms. The highest BCUT2D eigenvalue weighted by atomic mass is 32.1. The van der Waals surface area contributed by atoms with Crippen LogP contribution in [-0.2, 0) is 21.7 Å². The van der Waals surface area contributed by atoms with Gasteiger partial charge in [0.1, 0.15) is 5.58 Å². The van der Waals surface area contributed by atoms with Gasteiger partial charge in [-0.2, -0.15) is 0 Å². The maximum absolute atomic E-state index is 7.40. The van der Waals surface area contributed by atoms with E-state index in [0.29, 0.717) is 0 Å². The third kappa shape index (κ3) is 7.46. The van der Waals surface area contributed by atoms with Gasteiger partial charge in [0.15, 0.2) is 0 Å². The Bertz CT molecular complexity index is 3470. The average Bonchev–Trinajstić information content (AvgIpc) is 3.90. The quantitative estimate of drug-likeness (QED) is 0.164. The van der Waals surface area contributed by atoms with Crippen molar-refractivity contribution in [2.75, 3.05) is 9.80 Å². The zero-order valence-corrected chi connectivity index (χ0v) is 43.9. The van der Waals surface area contributed by atoms with E-state index in [0.717, 1.165) is 11.5 Å². The van der Waals surface area contributed by atoms with Crippen LogP contribution in [-0.4, -0.2) is 6.71 Å². The first kappa shape index (κ1) is 45.2. The molecule has 11 rings (SSSR count). The summed E-state index contributed by atoms with van der Waals surface area (Å²) >= 11 is 1.87. The van der Waals surface area contributed by atoms with Crippen LogP contribution in [0.4, 0.5) is 34.3 Å². The van der Waals surface area contributed by atoms with E-state index in [-0.39, 0.29) is 28.4 Å². The topological polar surface area (TPSA) is 19.6 Å². The van der Waals surface area contributed by atoms with Gasteiger partial charge in [-0.25, -0.2) is 0 Å². The Balaban J connectivity index is 1.30. The number of anilines is 6. The third-order valence-corrected chi connectivity index (χ3v) is 16.1. The molecule has 2 aromatic heterocycles. The molecule has 2 aliphatic rings. The molecule has 0 amide bonds. The Kier molecular flexibility index (Phi) is 10.2. The molecular formula is C64H65BN2OS. The van der Waals surface area contributed by atoms with Crippen molar-refractivity contribution in [3.63, 3.8) is 0 Å². The molecule has 0 atom stereocenters. The number of fused-ring (bicyclic) bond motifs is 7. The summed E-state index contributed by atoms with van der Waals surface area (Å²) in [6.07, 6.45) is 0. The summed E-state index contributed by atoms with van der Waals surface area (Å²) in [5, 5.41) is 2.46. The van der Waals surface area contributed by atoms with Gasteiger partial charge in [-0.05, 0) is 151 Å². The van der Waals surface area contributed by atoms with Gasteiger partial charge in [0.2, 0.25) is 5.88 Å². The minimum Gasteiger partial charge on any atom is -0.440 e. The molecule has 2 aliphatic heterocycles. The molecule has 4 heterocycles. The zero-order valence-electron chi connectivity index (χ0n) is 43.1. The number of furan rings is 1. The van der Waals surface area contributed by atoms with Gasteiger partial charge in [-0.15, -0.1) is 11.3 Å². The van der Waals surface area contributed by atoms with Crippen LogP contribution < -0.4 is 26.2 Å². The van der Waals surface area contributed by atoms with Crippen LogP contribution in [0.15, 0.2) is 144 Å². The molecule has 0 unspecified atom stereocenters. The first-order chi connectivity index (χ1) is 32.6. The number of thiophene rings is 1. The van der Waals surface area contributed by atoms with Crippen LogP contribution in [0.3, 0.4) is 0 Å². The number of rotatable bonds is 4. The molecule has 0 aliphatic carbocycles. The Morgan fingerprint density at radius 2 is 1.06 bits per heavy atom. The second-order valence-electron chi connectivity index (χ2n) is 24.0. The minimum absolute atomic E-state index is 0.00184. The smallest absolute Gasteiger partial charge is 0.257 e. The van der Waals surface area contributed by atoms with Crippen LogP contribution in [0.25, 0.3) is 42.6 Å². The van der Waals surface area contributed by atoms with Crippen molar-refractivity contribution in [1.82, 2.24) is 0 Å². The second kappa shape index (κ2) is 15.6. The Labute approximate surface area is 414 Å². The predicted octanol–water partition coefficient (Wildman–Crippen LogP) is 16.9. The van der Waals surface area contributed by atoms with Crippen molar-refractivity contribution in [2.24, 2.45) is 0 Å². The highest BCUT2D eigenvalue weighted by Crippen LogP contribution is 2.52. The SMILES string of the molecule is Cc1cc(C(C)(C)C)cc(C)c1N1c2cc(C(C)(C)C)cc3c2B(c2ccc(-c4cc5ccccc5s4)cc2N3c2ccc(C(C)(C)C)cc2-c2ccccc2)c2c1oc1ccc(C(C)(C)C)cc21. The molecule has 5 heteroatoms. The Morgan fingerprint density at radius 1 is 0.464 bits per heavy atom. The number of hydrogen-bond acceptors (Lipinski definition) is 4. The van der Waals surface area contributed by atoms with E-state index in [2.05, 4.69) is 246 Å². The standard InChI is InChI=1S/C64H65BN2OS/c1-38-30-45(63(9,10)11)31-39(2)59(38)67-53-37-46(64(12,13)14)36-52-58(53)65(57-48-35-44(62(6,7)8)26-29-54(48)68-60(57)67)49-27-24-42(56-33-41-22-18-19-23-55(41)69-56)32-51(49)66(52)50-28-25-43(61(3,4)5)34-47(50)40-20-16-15-17-21-40/h15-37H,1-14H3. The fraction of sp³-hybridized carbons (Fsp3) is 0.281. The lowest BCUT2D eigenvalue weighted by Gasteiger charge is -2.44. The second-order valence-corrected chi connectivity index (χ2v) is 25.1. The van der Waals surface area contributed by atoms with E-state index in [1.54, 1.807) is 0 Å². The van der Waals surface area contributed by atoms with Crippen molar-refractivity contribution < 1.29 is 4.42 Å². The van der Waals surface area contributed by atoms with Crippen molar-refractivity contribution in [3.05, 3.63) is 173 Å². The molecule has 0 bridgehead atoms. The van der Waals surface area contributed by atoms with Crippen molar-refractivity contribution >= 4 is 89.8 Å². The first-order valence-corrected chi connectivity index (χ1v) is 25.7. The summed E-state index contributed by atoms with van der Waals surface area (Å²) in [4.78, 5) is 6.42. The van der Waals surface area contributed by atoms with Crippen molar-refractivity contribution in [2.45, 2.75) is 119 Å². The largest absolute Gasteiger partial charge is 0.440 e. The summed E-state index contributed by atoms with van der Waals surface area (Å²) in [6.45, 7) is 32.4. The summed E-state index contributed by atoms with van der Waals surface area (Å²) in [5.74, 6) is 0.910. The normalized spacial score (nSPS) is 13.9. The van der Waals surface area contributed by atoms with E-state index < -0.39 is 0 Å². The summed E-state index contributed by atoms with van der Waals surface area (Å²) in [7, 11) is 0. The molecule has 0 spiro atoms. The van der Waals surface area contributed by atoms with Crippen LogP contribution in [0.1, 0.15) is 116 Å². The number of aryl methyl sites for hydroxylation is 2. The third-order valence-electron chi connectivity index (χ3n) is 14.9. The van der Waals surface area contributed by atoms with Crippen LogP contribution >= 0.6 is 11.3 Å².